The van der Waals surface area contributed by atoms with Crippen LogP contribution in [0, 0.1) is 0 Å². The highest BCUT2D eigenvalue weighted by molar-refractivity contribution is 7.09. The van der Waals surface area contributed by atoms with Crippen LogP contribution in [0.4, 0.5) is 0 Å². The summed E-state index contributed by atoms with van der Waals surface area (Å²) in [6.07, 6.45) is 3.00. The zero-order chi connectivity index (χ0) is 19.6. The molecule has 1 aromatic heterocycles. The summed E-state index contributed by atoms with van der Waals surface area (Å²) < 4.78 is 4.97. The van der Waals surface area contributed by atoms with Crippen LogP contribution >= 0.6 is 22.9 Å². The van der Waals surface area contributed by atoms with E-state index < -0.39 is 11.3 Å². The van der Waals surface area contributed by atoms with E-state index in [9.17, 15) is 9.59 Å². The Labute approximate surface area is 169 Å². The van der Waals surface area contributed by atoms with Crippen LogP contribution in [0.5, 0.6) is 0 Å². The van der Waals surface area contributed by atoms with Crippen molar-refractivity contribution < 1.29 is 14.3 Å². The number of amides is 1. The maximum atomic E-state index is 13.0. The van der Waals surface area contributed by atoms with E-state index in [0.29, 0.717) is 24.7 Å². The molecule has 0 aliphatic rings. The Kier molecular flexibility index (Phi) is 8.75. The molecule has 1 amide bonds. The zero-order valence-corrected chi connectivity index (χ0v) is 17.3. The van der Waals surface area contributed by atoms with E-state index in [4.69, 9.17) is 16.3 Å². The number of unbranched alkanes of at least 4 members (excludes halogenated alkanes) is 2. The molecule has 0 saturated heterocycles. The minimum atomic E-state index is -0.739. The maximum absolute atomic E-state index is 13.0. The number of aromatic nitrogens is 1. The van der Waals surface area contributed by atoms with Crippen molar-refractivity contribution in [3.8, 4) is 0 Å². The third-order valence-corrected chi connectivity index (χ3v) is 5.29. The number of ether oxygens (including phenoxy) is 1. The first kappa shape index (κ1) is 21.4. The van der Waals surface area contributed by atoms with Crippen LogP contribution in [0.3, 0.4) is 0 Å². The van der Waals surface area contributed by atoms with E-state index in [1.54, 1.807) is 17.2 Å². The molecule has 0 saturated carbocycles. The van der Waals surface area contributed by atoms with Crippen molar-refractivity contribution in [2.45, 2.75) is 45.0 Å². The van der Waals surface area contributed by atoms with Gasteiger partial charge in [0, 0.05) is 11.9 Å². The van der Waals surface area contributed by atoms with E-state index in [0.717, 1.165) is 24.8 Å². The lowest BCUT2D eigenvalue weighted by atomic mass is 10.1. The molecule has 0 bridgehead atoms. The lowest BCUT2D eigenvalue weighted by Gasteiger charge is -2.24. The SMILES string of the molecule is CCCCCN(Cc1nc(C(=O)OCC)cs1)C(=O)[C@@H](Cl)c1ccccc1. The van der Waals surface area contributed by atoms with Gasteiger partial charge in [-0.15, -0.1) is 22.9 Å². The number of halogens is 1. The van der Waals surface area contributed by atoms with Gasteiger partial charge in [-0.1, -0.05) is 50.1 Å². The minimum absolute atomic E-state index is 0.146. The first-order valence-corrected chi connectivity index (χ1v) is 10.5. The second-order valence-electron chi connectivity index (χ2n) is 6.09. The van der Waals surface area contributed by atoms with Gasteiger partial charge in [0.15, 0.2) is 5.69 Å². The Morgan fingerprint density at radius 2 is 1.96 bits per heavy atom. The van der Waals surface area contributed by atoms with E-state index in [1.165, 1.54) is 11.3 Å². The monoisotopic (exact) mass is 408 g/mol. The summed E-state index contributed by atoms with van der Waals surface area (Å²) >= 11 is 7.79. The number of hydrogen-bond donors (Lipinski definition) is 0. The summed E-state index contributed by atoms with van der Waals surface area (Å²) in [4.78, 5) is 30.8. The lowest BCUT2D eigenvalue weighted by molar-refractivity contribution is -0.131. The molecule has 0 aliphatic carbocycles. The number of rotatable bonds is 10. The van der Waals surface area contributed by atoms with Crippen LogP contribution in [0.1, 0.15) is 59.5 Å². The maximum Gasteiger partial charge on any atom is 0.357 e. The van der Waals surface area contributed by atoms with E-state index >= 15 is 0 Å². The van der Waals surface area contributed by atoms with Crippen LogP contribution in [-0.2, 0) is 16.1 Å². The topological polar surface area (TPSA) is 59.5 Å². The molecular weight excluding hydrogens is 384 g/mol. The van der Waals surface area contributed by atoms with Crippen LogP contribution in [0.15, 0.2) is 35.7 Å². The molecule has 5 nitrogen and oxygen atoms in total. The Hall–Kier alpha value is -1.92. The highest BCUT2D eigenvalue weighted by atomic mass is 35.5. The lowest BCUT2D eigenvalue weighted by Crippen LogP contribution is -2.34. The molecule has 2 aromatic rings. The van der Waals surface area contributed by atoms with Crippen molar-refractivity contribution >= 4 is 34.8 Å². The summed E-state index contributed by atoms with van der Waals surface area (Å²) in [6.45, 7) is 5.12. The van der Waals surface area contributed by atoms with E-state index in [2.05, 4.69) is 11.9 Å². The number of esters is 1. The molecule has 0 radical (unpaired) electrons. The van der Waals surface area contributed by atoms with Crippen LogP contribution < -0.4 is 0 Å². The first-order valence-electron chi connectivity index (χ1n) is 9.16. The number of alkyl halides is 1. The minimum Gasteiger partial charge on any atom is -0.461 e. The molecule has 27 heavy (non-hydrogen) atoms. The second-order valence-corrected chi connectivity index (χ2v) is 7.47. The number of carbonyl (C=O) groups excluding carboxylic acids is 2. The summed E-state index contributed by atoms with van der Waals surface area (Å²) in [5.74, 6) is -0.588. The number of carbonyl (C=O) groups is 2. The molecule has 146 valence electrons. The standard InChI is InChI=1S/C20H25ClN2O3S/c1-3-5-9-12-23(19(24)18(21)15-10-7-6-8-11-15)13-17-22-16(14-27-17)20(25)26-4-2/h6-8,10-11,14,18H,3-5,9,12-13H2,1-2H3/t18-/m0/s1. The molecule has 0 unspecified atom stereocenters. The van der Waals surface area contributed by atoms with Crippen molar-refractivity contribution in [1.82, 2.24) is 9.88 Å². The predicted molar refractivity (Wildman–Crippen MR) is 108 cm³/mol. The first-order chi connectivity index (χ1) is 13.1. The Balaban J connectivity index is 2.11. The van der Waals surface area contributed by atoms with Crippen molar-refractivity contribution in [3.05, 3.63) is 52.0 Å². The molecule has 2 rings (SSSR count). The van der Waals surface area contributed by atoms with Gasteiger partial charge in [0.2, 0.25) is 5.91 Å². The molecular formula is C20H25ClN2O3S. The van der Waals surface area contributed by atoms with E-state index in [-0.39, 0.29) is 11.6 Å². The van der Waals surface area contributed by atoms with Gasteiger partial charge in [-0.25, -0.2) is 9.78 Å². The summed E-state index contributed by atoms with van der Waals surface area (Å²) in [5, 5.41) is 1.62. The molecule has 0 fully saturated rings. The van der Waals surface area contributed by atoms with Gasteiger partial charge in [0.1, 0.15) is 10.4 Å². The van der Waals surface area contributed by atoms with Gasteiger partial charge >= 0.3 is 5.97 Å². The van der Waals surface area contributed by atoms with Gasteiger partial charge < -0.3 is 9.64 Å². The van der Waals surface area contributed by atoms with E-state index in [1.807, 2.05) is 30.3 Å². The predicted octanol–water partition coefficient (Wildman–Crippen LogP) is 4.82. The second kappa shape index (κ2) is 11.0. The fraction of sp³-hybridized carbons (Fsp3) is 0.450. The zero-order valence-electron chi connectivity index (χ0n) is 15.7. The fourth-order valence-electron chi connectivity index (χ4n) is 2.59. The molecule has 1 atom stereocenters. The van der Waals surface area contributed by atoms with Crippen LogP contribution in [-0.4, -0.2) is 34.9 Å². The number of thiazole rings is 1. The van der Waals surface area contributed by atoms with Crippen molar-refractivity contribution in [2.24, 2.45) is 0 Å². The van der Waals surface area contributed by atoms with Gasteiger partial charge in [-0.3, -0.25) is 4.79 Å². The highest BCUT2D eigenvalue weighted by Gasteiger charge is 2.25. The number of hydrogen-bond acceptors (Lipinski definition) is 5. The van der Waals surface area contributed by atoms with Crippen molar-refractivity contribution in [2.75, 3.05) is 13.2 Å². The van der Waals surface area contributed by atoms with Gasteiger partial charge in [-0.2, -0.15) is 0 Å². The summed E-state index contributed by atoms with van der Waals surface area (Å²) in [6, 6.07) is 9.32. The van der Waals surface area contributed by atoms with Crippen molar-refractivity contribution in [1.29, 1.82) is 0 Å². The highest BCUT2D eigenvalue weighted by Crippen LogP contribution is 2.25. The van der Waals surface area contributed by atoms with Crippen LogP contribution in [0.25, 0.3) is 0 Å². The Bertz CT molecular complexity index is 736. The molecule has 0 spiro atoms. The molecule has 7 heteroatoms. The fourth-order valence-corrected chi connectivity index (χ4v) is 3.65. The quantitative estimate of drug-likeness (QED) is 0.321. The molecule has 0 aliphatic heterocycles. The smallest absolute Gasteiger partial charge is 0.357 e. The van der Waals surface area contributed by atoms with Gasteiger partial charge in [0.05, 0.1) is 13.2 Å². The average Bonchev–Trinajstić information content (AvgIpc) is 3.16. The average molecular weight is 409 g/mol. The largest absolute Gasteiger partial charge is 0.461 e. The third kappa shape index (κ3) is 6.33. The number of nitrogens with zero attached hydrogens (tertiary/aromatic N) is 2. The molecule has 1 heterocycles. The van der Waals surface area contributed by atoms with Crippen LogP contribution in [0.2, 0.25) is 0 Å². The van der Waals surface area contributed by atoms with Gasteiger partial charge in [0.25, 0.3) is 0 Å². The van der Waals surface area contributed by atoms with Crippen molar-refractivity contribution in [3.63, 3.8) is 0 Å². The normalized spacial score (nSPS) is 11.8. The Morgan fingerprint density at radius 3 is 2.63 bits per heavy atom. The molecule has 1 aromatic carbocycles. The van der Waals surface area contributed by atoms with Gasteiger partial charge in [-0.05, 0) is 18.9 Å². The molecule has 0 N–H and O–H groups in total. The summed E-state index contributed by atoms with van der Waals surface area (Å²) in [5.41, 5.74) is 1.05. The third-order valence-electron chi connectivity index (χ3n) is 4.01. The summed E-state index contributed by atoms with van der Waals surface area (Å²) in [7, 11) is 0. The Morgan fingerprint density at radius 1 is 1.22 bits per heavy atom. The number of benzene rings is 1.